The first-order valence-corrected chi connectivity index (χ1v) is 5.53. The van der Waals surface area contributed by atoms with Crippen molar-refractivity contribution >= 4 is 5.69 Å². The van der Waals surface area contributed by atoms with Gasteiger partial charge in [0, 0.05) is 12.2 Å². The van der Waals surface area contributed by atoms with Gasteiger partial charge in [0.25, 0.3) is 0 Å². The van der Waals surface area contributed by atoms with Crippen LogP contribution >= 0.6 is 0 Å². The zero-order valence-electron chi connectivity index (χ0n) is 10.0. The largest absolute Gasteiger partial charge is 0.392 e. The van der Waals surface area contributed by atoms with Gasteiger partial charge in [0.15, 0.2) is 0 Å². The second-order valence-electron chi connectivity index (χ2n) is 4.42. The Morgan fingerprint density at radius 3 is 2.47 bits per heavy atom. The fraction of sp³-hybridized carbons (Fsp3) is 0.538. The number of hydrogen-bond acceptors (Lipinski definition) is 2. The van der Waals surface area contributed by atoms with Crippen LogP contribution in [0.25, 0.3) is 0 Å². The van der Waals surface area contributed by atoms with Crippen molar-refractivity contribution in [3.63, 3.8) is 0 Å². The summed E-state index contributed by atoms with van der Waals surface area (Å²) in [5, 5.41) is 12.6. The zero-order chi connectivity index (χ0) is 11.4. The summed E-state index contributed by atoms with van der Waals surface area (Å²) in [4.78, 5) is 0. The summed E-state index contributed by atoms with van der Waals surface area (Å²) >= 11 is 0. The van der Waals surface area contributed by atoms with Crippen LogP contribution in [0.5, 0.6) is 0 Å². The predicted molar refractivity (Wildman–Crippen MR) is 65.4 cm³/mol. The van der Waals surface area contributed by atoms with Gasteiger partial charge in [-0.15, -0.1) is 0 Å². The monoisotopic (exact) mass is 207 g/mol. The Bertz CT molecular complexity index is 318. The van der Waals surface area contributed by atoms with E-state index in [4.69, 9.17) is 0 Å². The molecule has 2 N–H and O–H groups in total. The van der Waals surface area contributed by atoms with Crippen LogP contribution in [-0.2, 0) is 0 Å². The van der Waals surface area contributed by atoms with Crippen LogP contribution in [0.15, 0.2) is 18.2 Å². The van der Waals surface area contributed by atoms with E-state index in [0.717, 1.165) is 0 Å². The van der Waals surface area contributed by atoms with Crippen molar-refractivity contribution in [1.82, 2.24) is 0 Å². The first kappa shape index (κ1) is 12.1. The summed E-state index contributed by atoms with van der Waals surface area (Å²) in [6.45, 7) is 8.85. The Morgan fingerprint density at radius 2 is 1.93 bits per heavy atom. The molecule has 15 heavy (non-hydrogen) atoms. The van der Waals surface area contributed by atoms with Gasteiger partial charge >= 0.3 is 0 Å². The van der Waals surface area contributed by atoms with Crippen LogP contribution in [0.3, 0.4) is 0 Å². The van der Waals surface area contributed by atoms with Crippen molar-refractivity contribution in [2.45, 2.75) is 39.7 Å². The molecule has 0 saturated heterocycles. The molecule has 0 heterocycles. The highest BCUT2D eigenvalue weighted by Crippen LogP contribution is 2.27. The third-order valence-electron chi connectivity index (χ3n) is 2.50. The topological polar surface area (TPSA) is 32.3 Å². The van der Waals surface area contributed by atoms with Crippen molar-refractivity contribution in [1.29, 1.82) is 0 Å². The number of rotatable bonds is 4. The van der Waals surface area contributed by atoms with Gasteiger partial charge in [-0.25, -0.2) is 0 Å². The molecule has 0 aromatic heterocycles. The molecule has 2 heteroatoms. The molecule has 0 fully saturated rings. The number of anilines is 1. The Labute approximate surface area is 92.3 Å². The van der Waals surface area contributed by atoms with Crippen molar-refractivity contribution in [2.75, 3.05) is 11.9 Å². The van der Waals surface area contributed by atoms with Gasteiger partial charge in [-0.2, -0.15) is 0 Å². The number of aliphatic hydroxyl groups excluding tert-OH is 1. The molecule has 0 bridgehead atoms. The van der Waals surface area contributed by atoms with Crippen LogP contribution in [-0.4, -0.2) is 17.8 Å². The van der Waals surface area contributed by atoms with Gasteiger partial charge in [0.1, 0.15) is 0 Å². The molecule has 1 aromatic rings. The summed E-state index contributed by atoms with van der Waals surface area (Å²) in [5.74, 6) is 0.501. The number of aryl methyl sites for hydroxylation is 1. The standard InChI is InChI=1S/C13H21NO/c1-9(2)12-7-5-6-10(3)13(12)14-8-11(4)15/h5-7,9,11,14-15H,8H2,1-4H3. The highest BCUT2D eigenvalue weighted by atomic mass is 16.3. The minimum atomic E-state index is -0.315. The molecule has 0 amide bonds. The van der Waals surface area contributed by atoms with Crippen LogP contribution < -0.4 is 5.32 Å². The first-order valence-electron chi connectivity index (χ1n) is 5.53. The number of nitrogens with one attached hydrogen (secondary N) is 1. The fourth-order valence-corrected chi connectivity index (χ4v) is 1.66. The van der Waals surface area contributed by atoms with Gasteiger partial charge in [0.05, 0.1) is 6.10 Å². The maximum absolute atomic E-state index is 9.27. The van der Waals surface area contributed by atoms with E-state index in [0.29, 0.717) is 12.5 Å². The Morgan fingerprint density at radius 1 is 1.27 bits per heavy atom. The normalized spacial score (nSPS) is 12.9. The third-order valence-corrected chi connectivity index (χ3v) is 2.50. The summed E-state index contributed by atoms with van der Waals surface area (Å²) in [5.41, 5.74) is 3.73. The van der Waals surface area contributed by atoms with E-state index in [1.165, 1.54) is 16.8 Å². The van der Waals surface area contributed by atoms with E-state index in [1.807, 2.05) is 0 Å². The maximum atomic E-state index is 9.27. The lowest BCUT2D eigenvalue weighted by Gasteiger charge is -2.18. The minimum absolute atomic E-state index is 0.315. The lowest BCUT2D eigenvalue weighted by atomic mass is 9.98. The molecular weight excluding hydrogens is 186 g/mol. The number of aliphatic hydroxyl groups is 1. The van der Waals surface area contributed by atoms with Crippen LogP contribution in [0.2, 0.25) is 0 Å². The molecule has 0 spiro atoms. The fourth-order valence-electron chi connectivity index (χ4n) is 1.66. The Balaban J connectivity index is 2.92. The summed E-state index contributed by atoms with van der Waals surface area (Å²) < 4.78 is 0. The molecule has 0 radical (unpaired) electrons. The van der Waals surface area contributed by atoms with Crippen LogP contribution in [0.4, 0.5) is 5.69 Å². The quantitative estimate of drug-likeness (QED) is 0.795. The van der Waals surface area contributed by atoms with E-state index < -0.39 is 0 Å². The number of hydrogen-bond donors (Lipinski definition) is 2. The number of para-hydroxylation sites is 1. The molecule has 1 aromatic carbocycles. The van der Waals surface area contributed by atoms with Crippen LogP contribution in [0, 0.1) is 6.92 Å². The molecule has 84 valence electrons. The summed E-state index contributed by atoms with van der Waals surface area (Å²) in [6, 6.07) is 6.32. The van der Waals surface area contributed by atoms with Crippen molar-refractivity contribution in [3.8, 4) is 0 Å². The van der Waals surface area contributed by atoms with Gasteiger partial charge in [-0.1, -0.05) is 32.0 Å². The van der Waals surface area contributed by atoms with E-state index in [9.17, 15) is 5.11 Å². The average molecular weight is 207 g/mol. The minimum Gasteiger partial charge on any atom is -0.392 e. The molecule has 1 unspecified atom stereocenters. The van der Waals surface area contributed by atoms with Gasteiger partial charge in [0.2, 0.25) is 0 Å². The van der Waals surface area contributed by atoms with E-state index in [-0.39, 0.29) is 6.10 Å². The molecule has 0 aliphatic carbocycles. The van der Waals surface area contributed by atoms with Crippen LogP contribution in [0.1, 0.15) is 37.8 Å². The molecule has 1 atom stereocenters. The highest BCUT2D eigenvalue weighted by Gasteiger charge is 2.08. The lowest BCUT2D eigenvalue weighted by molar-refractivity contribution is 0.208. The smallest absolute Gasteiger partial charge is 0.0684 e. The number of benzene rings is 1. The molecule has 2 nitrogen and oxygen atoms in total. The van der Waals surface area contributed by atoms with E-state index in [1.54, 1.807) is 6.92 Å². The van der Waals surface area contributed by atoms with Crippen molar-refractivity contribution < 1.29 is 5.11 Å². The predicted octanol–water partition coefficient (Wildman–Crippen LogP) is 2.91. The average Bonchev–Trinajstić information content (AvgIpc) is 2.15. The summed E-state index contributed by atoms with van der Waals surface area (Å²) in [7, 11) is 0. The molecule has 0 saturated carbocycles. The first-order chi connectivity index (χ1) is 7.02. The Hall–Kier alpha value is -1.02. The van der Waals surface area contributed by atoms with Gasteiger partial charge in [-0.05, 0) is 30.9 Å². The Kier molecular flexibility index (Phi) is 4.15. The van der Waals surface area contributed by atoms with Crippen molar-refractivity contribution in [2.24, 2.45) is 0 Å². The molecular formula is C13H21NO. The second-order valence-corrected chi connectivity index (χ2v) is 4.42. The SMILES string of the molecule is Cc1cccc(C(C)C)c1NCC(C)O. The van der Waals surface area contributed by atoms with Gasteiger partial charge in [-0.3, -0.25) is 0 Å². The lowest BCUT2D eigenvalue weighted by Crippen LogP contribution is -2.17. The molecule has 1 rings (SSSR count). The molecule has 0 aliphatic rings. The maximum Gasteiger partial charge on any atom is 0.0684 e. The third kappa shape index (κ3) is 3.24. The van der Waals surface area contributed by atoms with Crippen molar-refractivity contribution in [3.05, 3.63) is 29.3 Å². The highest BCUT2D eigenvalue weighted by molar-refractivity contribution is 5.58. The molecule has 0 aliphatic heterocycles. The summed E-state index contributed by atoms with van der Waals surface area (Å²) in [6.07, 6.45) is -0.315. The van der Waals surface area contributed by atoms with E-state index in [2.05, 4.69) is 44.3 Å². The zero-order valence-corrected chi connectivity index (χ0v) is 10.0. The van der Waals surface area contributed by atoms with E-state index >= 15 is 0 Å². The second kappa shape index (κ2) is 5.17. The van der Waals surface area contributed by atoms with Gasteiger partial charge < -0.3 is 10.4 Å².